The van der Waals surface area contributed by atoms with Crippen molar-refractivity contribution in [1.29, 1.82) is 0 Å². The van der Waals surface area contributed by atoms with Crippen LogP contribution in [0.5, 0.6) is 11.5 Å². The molecule has 0 saturated carbocycles. The molecule has 21 heavy (non-hydrogen) atoms. The summed E-state index contributed by atoms with van der Waals surface area (Å²) in [6, 6.07) is 5.75. The second-order valence-corrected chi connectivity index (χ2v) is 5.50. The first-order chi connectivity index (χ1) is 10.1. The number of benzene rings is 1. The fraction of sp³-hybridized carbons (Fsp3) is 0.562. The number of amides is 1. The lowest BCUT2D eigenvalue weighted by molar-refractivity contribution is -0.121. The molecule has 116 valence electrons. The van der Waals surface area contributed by atoms with E-state index in [0.717, 1.165) is 30.8 Å². The Kier molecular flexibility index (Phi) is 5.44. The molecular weight excluding hydrogens is 268 g/mol. The first kappa shape index (κ1) is 15.6. The lowest BCUT2D eigenvalue weighted by atomic mass is 9.95. The monoisotopic (exact) mass is 292 g/mol. The summed E-state index contributed by atoms with van der Waals surface area (Å²) in [5, 5.41) is 6.46. The zero-order valence-corrected chi connectivity index (χ0v) is 12.9. The van der Waals surface area contributed by atoms with Crippen molar-refractivity contribution in [2.24, 2.45) is 5.92 Å². The first-order valence-corrected chi connectivity index (χ1v) is 7.35. The summed E-state index contributed by atoms with van der Waals surface area (Å²) < 4.78 is 10.5. The van der Waals surface area contributed by atoms with Gasteiger partial charge in [-0.1, -0.05) is 6.92 Å². The number of ether oxygens (including phenoxy) is 2. The maximum absolute atomic E-state index is 12.3. The Morgan fingerprint density at radius 2 is 2.19 bits per heavy atom. The molecule has 1 aromatic rings. The van der Waals surface area contributed by atoms with E-state index < -0.39 is 0 Å². The number of piperidine rings is 1. The van der Waals surface area contributed by atoms with Gasteiger partial charge in [-0.25, -0.2) is 0 Å². The van der Waals surface area contributed by atoms with Crippen LogP contribution in [0, 0.1) is 5.92 Å². The van der Waals surface area contributed by atoms with Crippen molar-refractivity contribution in [3.8, 4) is 11.5 Å². The van der Waals surface area contributed by atoms with E-state index in [1.807, 2.05) is 18.2 Å². The van der Waals surface area contributed by atoms with Gasteiger partial charge >= 0.3 is 0 Å². The van der Waals surface area contributed by atoms with Gasteiger partial charge in [0.1, 0.15) is 11.5 Å². The van der Waals surface area contributed by atoms with Crippen LogP contribution in [-0.4, -0.2) is 39.3 Å². The van der Waals surface area contributed by atoms with Crippen molar-refractivity contribution in [1.82, 2.24) is 10.6 Å². The van der Waals surface area contributed by atoms with Gasteiger partial charge in [-0.2, -0.15) is 0 Å². The van der Waals surface area contributed by atoms with Crippen molar-refractivity contribution in [2.75, 3.05) is 27.3 Å². The number of methoxy groups -OCH3 is 2. The molecule has 0 spiro atoms. The number of hydrogen-bond donors (Lipinski definition) is 2. The van der Waals surface area contributed by atoms with Crippen LogP contribution in [0.25, 0.3) is 0 Å². The van der Waals surface area contributed by atoms with E-state index in [4.69, 9.17) is 9.47 Å². The van der Waals surface area contributed by atoms with Crippen LogP contribution in [0.4, 0.5) is 0 Å². The second-order valence-electron chi connectivity index (χ2n) is 5.50. The molecule has 1 heterocycles. The highest BCUT2D eigenvalue weighted by molar-refractivity contribution is 5.79. The van der Waals surface area contributed by atoms with Gasteiger partial charge in [0.25, 0.3) is 0 Å². The third-order valence-corrected chi connectivity index (χ3v) is 3.97. The van der Waals surface area contributed by atoms with Crippen LogP contribution < -0.4 is 20.1 Å². The molecule has 1 aliphatic heterocycles. The van der Waals surface area contributed by atoms with E-state index in [1.165, 1.54) is 0 Å². The van der Waals surface area contributed by atoms with Gasteiger partial charge in [0.05, 0.1) is 20.6 Å². The maximum Gasteiger partial charge on any atom is 0.224 e. The maximum atomic E-state index is 12.3. The summed E-state index contributed by atoms with van der Waals surface area (Å²) in [4.78, 5) is 12.3. The molecule has 2 rings (SSSR count). The van der Waals surface area contributed by atoms with Gasteiger partial charge in [0.2, 0.25) is 5.91 Å². The van der Waals surface area contributed by atoms with Crippen molar-refractivity contribution in [2.45, 2.75) is 25.8 Å². The van der Waals surface area contributed by atoms with Gasteiger partial charge < -0.3 is 20.1 Å². The van der Waals surface area contributed by atoms with Crippen molar-refractivity contribution in [3.63, 3.8) is 0 Å². The van der Waals surface area contributed by atoms with E-state index in [0.29, 0.717) is 18.1 Å². The minimum absolute atomic E-state index is 0.0281. The summed E-state index contributed by atoms with van der Waals surface area (Å²) in [5.41, 5.74) is 0.843. The largest absolute Gasteiger partial charge is 0.497 e. The highest BCUT2D eigenvalue weighted by atomic mass is 16.5. The Labute approximate surface area is 126 Å². The van der Waals surface area contributed by atoms with Crippen LogP contribution in [0.2, 0.25) is 0 Å². The zero-order chi connectivity index (χ0) is 15.2. The molecule has 1 aromatic carbocycles. The van der Waals surface area contributed by atoms with Gasteiger partial charge in [0, 0.05) is 11.6 Å². The van der Waals surface area contributed by atoms with E-state index in [2.05, 4.69) is 17.6 Å². The summed E-state index contributed by atoms with van der Waals surface area (Å²) in [6.07, 6.45) is 1.28. The molecule has 5 heteroatoms. The molecule has 1 aliphatic rings. The fourth-order valence-electron chi connectivity index (χ4n) is 2.68. The van der Waals surface area contributed by atoms with Gasteiger partial charge in [-0.3, -0.25) is 4.79 Å². The van der Waals surface area contributed by atoms with Gasteiger partial charge in [0.15, 0.2) is 0 Å². The minimum atomic E-state index is 0.0281. The Bertz CT molecular complexity index is 490. The SMILES string of the molecule is COc1ccc(OC)c(CC(=O)NC2CCNCC2C)c1. The molecule has 0 bridgehead atoms. The number of nitrogens with one attached hydrogen (secondary N) is 2. The van der Waals surface area contributed by atoms with Crippen molar-refractivity contribution >= 4 is 5.91 Å². The van der Waals surface area contributed by atoms with E-state index >= 15 is 0 Å². The Morgan fingerprint density at radius 1 is 1.38 bits per heavy atom. The predicted octanol–water partition coefficient (Wildman–Crippen LogP) is 1.36. The zero-order valence-electron chi connectivity index (χ0n) is 12.9. The Hall–Kier alpha value is -1.75. The molecule has 1 fully saturated rings. The average Bonchev–Trinajstić information content (AvgIpc) is 2.49. The Balaban J connectivity index is 2.01. The number of carbonyl (C=O) groups excluding carboxylic acids is 1. The highest BCUT2D eigenvalue weighted by Gasteiger charge is 2.23. The second kappa shape index (κ2) is 7.31. The smallest absolute Gasteiger partial charge is 0.224 e. The topological polar surface area (TPSA) is 59.6 Å². The van der Waals surface area contributed by atoms with Crippen LogP contribution in [-0.2, 0) is 11.2 Å². The lowest BCUT2D eigenvalue weighted by Gasteiger charge is -2.30. The van der Waals surface area contributed by atoms with E-state index in [9.17, 15) is 4.79 Å². The quantitative estimate of drug-likeness (QED) is 0.860. The summed E-state index contributed by atoms with van der Waals surface area (Å²) >= 11 is 0. The van der Waals surface area contributed by atoms with Gasteiger partial charge in [-0.05, 0) is 43.6 Å². The fourth-order valence-corrected chi connectivity index (χ4v) is 2.68. The third kappa shape index (κ3) is 4.11. The summed E-state index contributed by atoms with van der Waals surface area (Å²) in [6.45, 7) is 4.06. The number of hydrogen-bond acceptors (Lipinski definition) is 4. The summed E-state index contributed by atoms with van der Waals surface area (Å²) in [5.74, 6) is 1.92. The van der Waals surface area contributed by atoms with E-state index in [-0.39, 0.29) is 11.9 Å². The van der Waals surface area contributed by atoms with Crippen molar-refractivity contribution in [3.05, 3.63) is 23.8 Å². The predicted molar refractivity (Wildman–Crippen MR) is 81.8 cm³/mol. The third-order valence-electron chi connectivity index (χ3n) is 3.97. The van der Waals surface area contributed by atoms with Crippen molar-refractivity contribution < 1.29 is 14.3 Å². The van der Waals surface area contributed by atoms with Crippen LogP contribution in [0.1, 0.15) is 18.9 Å². The molecule has 0 radical (unpaired) electrons. The lowest BCUT2D eigenvalue weighted by Crippen LogP contribution is -2.48. The standard InChI is InChI=1S/C16H24N2O3/c1-11-10-17-7-6-14(11)18-16(19)9-12-8-13(20-2)4-5-15(12)21-3/h4-5,8,11,14,17H,6-7,9-10H2,1-3H3,(H,18,19). The van der Waals surface area contributed by atoms with Crippen LogP contribution in [0.15, 0.2) is 18.2 Å². The molecule has 1 amide bonds. The average molecular weight is 292 g/mol. The first-order valence-electron chi connectivity index (χ1n) is 7.35. The molecule has 2 N–H and O–H groups in total. The van der Waals surface area contributed by atoms with Gasteiger partial charge in [-0.15, -0.1) is 0 Å². The highest BCUT2D eigenvalue weighted by Crippen LogP contribution is 2.24. The summed E-state index contributed by atoms with van der Waals surface area (Å²) in [7, 11) is 3.22. The molecule has 1 saturated heterocycles. The number of carbonyl (C=O) groups is 1. The molecule has 0 aliphatic carbocycles. The minimum Gasteiger partial charge on any atom is -0.497 e. The number of rotatable bonds is 5. The Morgan fingerprint density at radius 3 is 2.86 bits per heavy atom. The normalized spacial score (nSPS) is 21.7. The van der Waals surface area contributed by atoms with Crippen LogP contribution >= 0.6 is 0 Å². The molecule has 0 aromatic heterocycles. The van der Waals surface area contributed by atoms with Crippen LogP contribution in [0.3, 0.4) is 0 Å². The molecule has 5 nitrogen and oxygen atoms in total. The molecule has 2 atom stereocenters. The molecular formula is C16H24N2O3. The molecule has 2 unspecified atom stereocenters. The van der Waals surface area contributed by atoms with E-state index in [1.54, 1.807) is 14.2 Å².